The number of carbonyl (C=O) groups is 5. The van der Waals surface area contributed by atoms with Gasteiger partial charge in [-0.05, 0) is 5.56 Å². The summed E-state index contributed by atoms with van der Waals surface area (Å²) in [6.45, 7) is -1.19. The molecule has 30 heavy (non-hydrogen) atoms. The summed E-state index contributed by atoms with van der Waals surface area (Å²) < 4.78 is 0. The topological polar surface area (TPSA) is 208 Å². The summed E-state index contributed by atoms with van der Waals surface area (Å²) >= 11 is 0. The first-order chi connectivity index (χ1) is 14.2. The van der Waals surface area contributed by atoms with Gasteiger partial charge in [0.15, 0.2) is 0 Å². The van der Waals surface area contributed by atoms with Crippen molar-refractivity contribution >= 4 is 29.7 Å². The summed E-state index contributed by atoms with van der Waals surface area (Å²) in [5.74, 6) is -5.54. The van der Waals surface area contributed by atoms with Crippen molar-refractivity contribution in [3.8, 4) is 0 Å². The van der Waals surface area contributed by atoms with Crippen LogP contribution in [0.15, 0.2) is 30.3 Å². The van der Waals surface area contributed by atoms with E-state index in [0.29, 0.717) is 5.56 Å². The fourth-order valence-electron chi connectivity index (χ4n) is 2.43. The molecule has 0 fully saturated rings. The SMILES string of the molecule is NCC(=O)NC(CO)C(=O)NC(Cc1ccccc1)C(=O)NC(CC(=O)O)C(=O)O. The maximum atomic E-state index is 12.6. The maximum Gasteiger partial charge on any atom is 0.326 e. The Morgan fingerprint density at radius 1 is 0.867 bits per heavy atom. The van der Waals surface area contributed by atoms with Crippen LogP contribution >= 0.6 is 0 Å². The fourth-order valence-corrected chi connectivity index (χ4v) is 2.43. The van der Waals surface area contributed by atoms with Gasteiger partial charge in [-0.3, -0.25) is 19.2 Å². The molecule has 1 rings (SSSR count). The highest BCUT2D eigenvalue weighted by Gasteiger charge is 2.30. The second-order valence-corrected chi connectivity index (χ2v) is 6.25. The Morgan fingerprint density at radius 3 is 1.93 bits per heavy atom. The third-order valence-electron chi connectivity index (χ3n) is 3.93. The van der Waals surface area contributed by atoms with Crippen molar-refractivity contribution in [1.82, 2.24) is 16.0 Å². The Bertz CT molecular complexity index is 771. The van der Waals surface area contributed by atoms with Gasteiger partial charge in [-0.1, -0.05) is 30.3 Å². The molecule has 12 nitrogen and oxygen atoms in total. The molecule has 0 aliphatic carbocycles. The van der Waals surface area contributed by atoms with E-state index < -0.39 is 67.4 Å². The number of amides is 3. The number of aliphatic carboxylic acids is 2. The first-order valence-electron chi connectivity index (χ1n) is 8.87. The number of hydrogen-bond acceptors (Lipinski definition) is 7. The molecule has 0 heterocycles. The third kappa shape index (κ3) is 8.24. The molecule has 1 aromatic carbocycles. The monoisotopic (exact) mass is 424 g/mol. The molecule has 3 unspecified atom stereocenters. The van der Waals surface area contributed by atoms with Crippen molar-refractivity contribution in [2.24, 2.45) is 5.73 Å². The van der Waals surface area contributed by atoms with E-state index in [2.05, 4.69) is 16.0 Å². The van der Waals surface area contributed by atoms with Gasteiger partial charge in [0.05, 0.1) is 19.6 Å². The van der Waals surface area contributed by atoms with Crippen LogP contribution in [0.1, 0.15) is 12.0 Å². The van der Waals surface area contributed by atoms with Crippen LogP contribution in [-0.2, 0) is 30.4 Å². The minimum atomic E-state index is -1.71. The molecule has 8 N–H and O–H groups in total. The molecule has 0 radical (unpaired) electrons. The van der Waals surface area contributed by atoms with Gasteiger partial charge < -0.3 is 37.0 Å². The summed E-state index contributed by atoms with van der Waals surface area (Å²) in [5.41, 5.74) is 5.78. The van der Waals surface area contributed by atoms with Gasteiger partial charge in [0.25, 0.3) is 0 Å². The summed E-state index contributed by atoms with van der Waals surface area (Å²) in [5, 5.41) is 33.9. The van der Waals surface area contributed by atoms with Gasteiger partial charge in [0.2, 0.25) is 17.7 Å². The normalized spacial score (nSPS) is 13.4. The van der Waals surface area contributed by atoms with Gasteiger partial charge in [0, 0.05) is 6.42 Å². The standard InChI is InChI=1S/C18H24N4O8/c19-8-14(24)20-13(9-23)17(28)21-11(6-10-4-2-1-3-5-10)16(27)22-12(18(29)30)7-15(25)26/h1-5,11-13,23H,6-9,19H2,(H,20,24)(H,21,28)(H,22,27)(H,25,26)(H,29,30). The highest BCUT2D eigenvalue weighted by molar-refractivity contribution is 5.94. The van der Waals surface area contributed by atoms with Gasteiger partial charge in [-0.15, -0.1) is 0 Å². The minimum absolute atomic E-state index is 0.0548. The first-order valence-corrected chi connectivity index (χ1v) is 8.87. The second kappa shape index (κ2) is 12.1. The Hall–Kier alpha value is -3.51. The van der Waals surface area contributed by atoms with Crippen LogP contribution in [0.5, 0.6) is 0 Å². The van der Waals surface area contributed by atoms with E-state index in [1.165, 1.54) is 0 Å². The molecule has 0 aliphatic rings. The molecule has 0 aliphatic heterocycles. The van der Waals surface area contributed by atoms with Crippen LogP contribution in [0.4, 0.5) is 0 Å². The van der Waals surface area contributed by atoms with Crippen molar-refractivity contribution in [3.05, 3.63) is 35.9 Å². The zero-order valence-electron chi connectivity index (χ0n) is 15.9. The van der Waals surface area contributed by atoms with E-state index in [1.54, 1.807) is 30.3 Å². The van der Waals surface area contributed by atoms with Crippen molar-refractivity contribution in [2.45, 2.75) is 31.0 Å². The molecule has 0 bridgehead atoms. The largest absolute Gasteiger partial charge is 0.481 e. The predicted octanol–water partition coefficient (Wildman–Crippen LogP) is -2.81. The smallest absolute Gasteiger partial charge is 0.326 e. The van der Waals surface area contributed by atoms with E-state index in [0.717, 1.165) is 0 Å². The van der Waals surface area contributed by atoms with Gasteiger partial charge in [-0.2, -0.15) is 0 Å². The molecule has 3 atom stereocenters. The van der Waals surface area contributed by atoms with Gasteiger partial charge in [0.1, 0.15) is 18.1 Å². The molecular formula is C18H24N4O8. The number of carboxylic acids is 2. The number of aliphatic hydroxyl groups excluding tert-OH is 1. The molecule has 1 aromatic rings. The lowest BCUT2D eigenvalue weighted by Gasteiger charge is -2.23. The minimum Gasteiger partial charge on any atom is -0.481 e. The average molecular weight is 424 g/mol. The summed E-state index contributed by atoms with van der Waals surface area (Å²) in [4.78, 5) is 58.5. The predicted molar refractivity (Wildman–Crippen MR) is 102 cm³/mol. The Kier molecular flexibility index (Phi) is 9.92. The summed E-state index contributed by atoms with van der Waals surface area (Å²) in [7, 11) is 0. The number of carbonyl (C=O) groups excluding carboxylic acids is 3. The number of rotatable bonds is 12. The number of nitrogens with one attached hydrogen (secondary N) is 3. The zero-order valence-corrected chi connectivity index (χ0v) is 15.9. The number of carboxylic acid groups (broad SMARTS) is 2. The van der Waals surface area contributed by atoms with Crippen LogP contribution < -0.4 is 21.7 Å². The molecule has 12 heteroatoms. The molecular weight excluding hydrogens is 400 g/mol. The van der Waals surface area contributed by atoms with Crippen molar-refractivity contribution in [3.63, 3.8) is 0 Å². The van der Waals surface area contributed by atoms with Crippen LogP contribution in [0.2, 0.25) is 0 Å². The van der Waals surface area contributed by atoms with Gasteiger partial charge in [-0.25, -0.2) is 4.79 Å². The van der Waals surface area contributed by atoms with E-state index in [9.17, 15) is 29.1 Å². The van der Waals surface area contributed by atoms with Crippen molar-refractivity contribution in [1.29, 1.82) is 0 Å². The van der Waals surface area contributed by atoms with E-state index in [1.807, 2.05) is 0 Å². The summed E-state index contributed by atoms with van der Waals surface area (Å²) in [6, 6.07) is 4.03. The molecule has 0 saturated heterocycles. The number of hydrogen-bond donors (Lipinski definition) is 7. The molecule has 164 valence electrons. The van der Waals surface area contributed by atoms with Gasteiger partial charge >= 0.3 is 11.9 Å². The number of aliphatic hydroxyl groups is 1. The zero-order chi connectivity index (χ0) is 22.7. The third-order valence-corrected chi connectivity index (χ3v) is 3.93. The molecule has 0 spiro atoms. The number of nitrogens with two attached hydrogens (primary N) is 1. The maximum absolute atomic E-state index is 12.6. The van der Waals surface area contributed by atoms with E-state index in [-0.39, 0.29) is 6.42 Å². The van der Waals surface area contributed by atoms with Crippen LogP contribution in [0.25, 0.3) is 0 Å². The molecule has 0 aromatic heterocycles. The van der Waals surface area contributed by atoms with Crippen LogP contribution in [0.3, 0.4) is 0 Å². The Labute approximate surface area is 171 Å². The highest BCUT2D eigenvalue weighted by atomic mass is 16.4. The average Bonchev–Trinajstić information content (AvgIpc) is 2.70. The lowest BCUT2D eigenvalue weighted by atomic mass is 10.0. The van der Waals surface area contributed by atoms with Crippen LogP contribution in [0, 0.1) is 0 Å². The molecule has 0 saturated carbocycles. The van der Waals surface area contributed by atoms with Crippen molar-refractivity contribution < 1.29 is 39.3 Å². The fraction of sp³-hybridized carbons (Fsp3) is 0.389. The Balaban J connectivity index is 3.01. The lowest BCUT2D eigenvalue weighted by molar-refractivity contribution is -0.147. The molecule has 3 amide bonds. The highest BCUT2D eigenvalue weighted by Crippen LogP contribution is 2.05. The van der Waals surface area contributed by atoms with E-state index in [4.69, 9.17) is 15.9 Å². The van der Waals surface area contributed by atoms with Crippen molar-refractivity contribution in [2.75, 3.05) is 13.2 Å². The summed E-state index contributed by atoms with van der Waals surface area (Å²) in [6.07, 6.45) is -0.917. The lowest BCUT2D eigenvalue weighted by Crippen LogP contribution is -2.57. The Morgan fingerprint density at radius 2 is 1.43 bits per heavy atom. The van der Waals surface area contributed by atoms with E-state index >= 15 is 0 Å². The van der Waals surface area contributed by atoms with Crippen LogP contribution in [-0.4, -0.2) is 76.3 Å². The number of benzene rings is 1. The quantitative estimate of drug-likeness (QED) is 0.184. The first kappa shape index (κ1) is 24.5. The second-order valence-electron chi connectivity index (χ2n) is 6.25.